The average Bonchev–Trinajstić information content (AvgIpc) is 2.41. The quantitative estimate of drug-likeness (QED) is 0.812. The second kappa shape index (κ2) is 4.73. The molecule has 1 fully saturated rings. The lowest BCUT2D eigenvalue weighted by Crippen LogP contribution is -2.63. The Morgan fingerprint density at radius 3 is 2.58 bits per heavy atom. The number of hydrogen-bond donors (Lipinski definition) is 1. The van der Waals surface area contributed by atoms with E-state index in [1.165, 1.54) is 0 Å². The van der Waals surface area contributed by atoms with Gasteiger partial charge in [0.15, 0.2) is 0 Å². The number of rotatable bonds is 1. The molecule has 0 spiro atoms. The van der Waals surface area contributed by atoms with E-state index in [9.17, 15) is 9.59 Å². The lowest BCUT2D eigenvalue weighted by atomic mass is 9.97. The van der Waals surface area contributed by atoms with Crippen molar-refractivity contribution >= 4 is 11.8 Å². The van der Waals surface area contributed by atoms with Gasteiger partial charge in [-0.05, 0) is 38.1 Å². The van der Waals surface area contributed by atoms with Gasteiger partial charge in [-0.3, -0.25) is 9.59 Å². The molecule has 2 rings (SSSR count). The predicted molar refractivity (Wildman–Crippen MR) is 69.3 cm³/mol. The van der Waals surface area contributed by atoms with Crippen LogP contribution in [0.3, 0.4) is 0 Å². The second-order valence-electron chi connectivity index (χ2n) is 4.96. The van der Waals surface area contributed by atoms with Crippen LogP contribution in [0.1, 0.15) is 29.8 Å². The van der Waals surface area contributed by atoms with E-state index in [1.54, 1.807) is 43.0 Å². The molecule has 1 heterocycles. The maximum absolute atomic E-state index is 12.4. The summed E-state index contributed by atoms with van der Waals surface area (Å²) in [5.41, 5.74) is 0.137. The number of nitriles is 1. The van der Waals surface area contributed by atoms with Crippen LogP contribution in [0.4, 0.5) is 0 Å². The van der Waals surface area contributed by atoms with Crippen molar-refractivity contribution in [1.29, 1.82) is 5.26 Å². The van der Waals surface area contributed by atoms with Crippen LogP contribution in [0.5, 0.6) is 0 Å². The molecule has 0 aliphatic carbocycles. The van der Waals surface area contributed by atoms with Gasteiger partial charge in [-0.2, -0.15) is 5.26 Å². The Hall–Kier alpha value is -2.35. The third kappa shape index (κ3) is 2.29. The van der Waals surface area contributed by atoms with Crippen molar-refractivity contribution in [1.82, 2.24) is 10.2 Å². The first-order valence-electron chi connectivity index (χ1n) is 6.07. The van der Waals surface area contributed by atoms with Crippen molar-refractivity contribution < 1.29 is 9.59 Å². The average molecular weight is 257 g/mol. The van der Waals surface area contributed by atoms with Gasteiger partial charge in [0.1, 0.15) is 5.54 Å². The largest absolute Gasteiger partial charge is 0.352 e. The number of amides is 2. The van der Waals surface area contributed by atoms with Crippen molar-refractivity contribution in [2.75, 3.05) is 13.1 Å². The molecule has 2 amide bonds. The van der Waals surface area contributed by atoms with E-state index in [2.05, 4.69) is 5.32 Å². The van der Waals surface area contributed by atoms with Gasteiger partial charge in [0.25, 0.3) is 5.91 Å². The van der Waals surface area contributed by atoms with E-state index in [-0.39, 0.29) is 11.8 Å². The van der Waals surface area contributed by atoms with Crippen molar-refractivity contribution in [2.45, 2.75) is 19.4 Å². The zero-order valence-corrected chi connectivity index (χ0v) is 10.9. The third-order valence-electron chi connectivity index (χ3n) is 3.36. The molecule has 1 aliphatic rings. The van der Waals surface area contributed by atoms with Crippen molar-refractivity contribution in [3.05, 3.63) is 35.4 Å². The summed E-state index contributed by atoms with van der Waals surface area (Å²) in [6.07, 6.45) is 0. The van der Waals surface area contributed by atoms with Crippen molar-refractivity contribution in [2.24, 2.45) is 0 Å². The molecule has 98 valence electrons. The zero-order chi connectivity index (χ0) is 14.0. The predicted octanol–water partition coefficient (Wildman–Crippen LogP) is 0.909. The monoisotopic (exact) mass is 257 g/mol. The Bertz CT molecular complexity index is 555. The maximum atomic E-state index is 12.4. The highest BCUT2D eigenvalue weighted by Crippen LogP contribution is 2.20. The fourth-order valence-electron chi connectivity index (χ4n) is 2.10. The summed E-state index contributed by atoms with van der Waals surface area (Å²) in [7, 11) is 0. The standard InChI is InChI=1S/C14H15N3O2/c1-14(2)13(19)16-7-8-17(14)12(18)11-5-3-10(9-15)4-6-11/h3-6H,7-8H2,1-2H3,(H,16,19). The molecule has 1 N–H and O–H groups in total. The molecular formula is C14H15N3O2. The van der Waals surface area contributed by atoms with Gasteiger partial charge in [0.2, 0.25) is 5.91 Å². The highest BCUT2D eigenvalue weighted by Gasteiger charge is 2.40. The molecule has 5 heteroatoms. The fourth-order valence-corrected chi connectivity index (χ4v) is 2.10. The lowest BCUT2D eigenvalue weighted by molar-refractivity contribution is -0.133. The smallest absolute Gasteiger partial charge is 0.254 e. The molecule has 5 nitrogen and oxygen atoms in total. The number of benzene rings is 1. The van der Waals surface area contributed by atoms with Gasteiger partial charge in [-0.25, -0.2) is 0 Å². The summed E-state index contributed by atoms with van der Waals surface area (Å²) in [5, 5.41) is 11.5. The van der Waals surface area contributed by atoms with Gasteiger partial charge < -0.3 is 10.2 Å². The highest BCUT2D eigenvalue weighted by molar-refractivity contribution is 5.99. The van der Waals surface area contributed by atoms with E-state index in [0.717, 1.165) is 0 Å². The summed E-state index contributed by atoms with van der Waals surface area (Å²) in [6.45, 7) is 4.40. The Kier molecular flexibility index (Phi) is 3.26. The molecule has 0 atom stereocenters. The van der Waals surface area contributed by atoms with Crippen LogP contribution >= 0.6 is 0 Å². The first-order valence-corrected chi connectivity index (χ1v) is 6.07. The molecule has 19 heavy (non-hydrogen) atoms. The Morgan fingerprint density at radius 1 is 1.37 bits per heavy atom. The van der Waals surface area contributed by atoms with Crippen LogP contribution in [0, 0.1) is 11.3 Å². The number of carbonyl (C=O) groups excluding carboxylic acids is 2. The van der Waals surface area contributed by atoms with Crippen LogP contribution in [-0.2, 0) is 4.79 Å². The summed E-state index contributed by atoms with van der Waals surface area (Å²) in [6, 6.07) is 8.44. The molecule has 0 aromatic heterocycles. The minimum atomic E-state index is -0.858. The normalized spacial score (nSPS) is 17.5. The van der Waals surface area contributed by atoms with E-state index in [1.807, 2.05) is 6.07 Å². The molecular weight excluding hydrogens is 242 g/mol. The fraction of sp³-hybridized carbons (Fsp3) is 0.357. The summed E-state index contributed by atoms with van der Waals surface area (Å²) in [5.74, 6) is -0.343. The van der Waals surface area contributed by atoms with Crippen LogP contribution < -0.4 is 5.32 Å². The van der Waals surface area contributed by atoms with E-state index in [4.69, 9.17) is 5.26 Å². The lowest BCUT2D eigenvalue weighted by Gasteiger charge is -2.41. The van der Waals surface area contributed by atoms with Gasteiger partial charge in [-0.1, -0.05) is 0 Å². The number of piperazine rings is 1. The first-order chi connectivity index (χ1) is 8.96. The first kappa shape index (κ1) is 13.1. The van der Waals surface area contributed by atoms with E-state index < -0.39 is 5.54 Å². The third-order valence-corrected chi connectivity index (χ3v) is 3.36. The van der Waals surface area contributed by atoms with Crippen molar-refractivity contribution in [3.8, 4) is 6.07 Å². The zero-order valence-electron chi connectivity index (χ0n) is 10.9. The van der Waals surface area contributed by atoms with Gasteiger partial charge in [-0.15, -0.1) is 0 Å². The maximum Gasteiger partial charge on any atom is 0.254 e. The molecule has 0 saturated carbocycles. The summed E-state index contributed by atoms with van der Waals surface area (Å²) >= 11 is 0. The minimum absolute atomic E-state index is 0.152. The van der Waals surface area contributed by atoms with Crippen molar-refractivity contribution in [3.63, 3.8) is 0 Å². The van der Waals surface area contributed by atoms with Gasteiger partial charge in [0.05, 0.1) is 11.6 Å². The molecule has 1 aliphatic heterocycles. The van der Waals surface area contributed by atoms with Gasteiger partial charge >= 0.3 is 0 Å². The Morgan fingerprint density at radius 2 is 2.00 bits per heavy atom. The minimum Gasteiger partial charge on any atom is -0.352 e. The summed E-state index contributed by atoms with van der Waals surface area (Å²) in [4.78, 5) is 25.8. The topological polar surface area (TPSA) is 73.2 Å². The molecule has 1 saturated heterocycles. The second-order valence-corrected chi connectivity index (χ2v) is 4.96. The SMILES string of the molecule is CC1(C)C(=O)NCCN1C(=O)c1ccc(C#N)cc1. The number of carbonyl (C=O) groups is 2. The summed E-state index contributed by atoms with van der Waals surface area (Å²) < 4.78 is 0. The molecule has 0 radical (unpaired) electrons. The molecule has 0 unspecified atom stereocenters. The van der Waals surface area contributed by atoms with E-state index >= 15 is 0 Å². The molecule has 1 aromatic carbocycles. The molecule has 1 aromatic rings. The number of nitrogens with zero attached hydrogens (tertiary/aromatic N) is 2. The van der Waals surface area contributed by atoms with Gasteiger partial charge in [0, 0.05) is 18.7 Å². The number of nitrogens with one attached hydrogen (secondary N) is 1. The van der Waals surface area contributed by atoms with E-state index in [0.29, 0.717) is 24.2 Å². The Labute approximate surface area is 111 Å². The van der Waals surface area contributed by atoms with Crippen LogP contribution in [0.2, 0.25) is 0 Å². The highest BCUT2D eigenvalue weighted by atomic mass is 16.2. The number of hydrogen-bond acceptors (Lipinski definition) is 3. The van der Waals surface area contributed by atoms with Crippen LogP contribution in [-0.4, -0.2) is 35.3 Å². The van der Waals surface area contributed by atoms with Crippen LogP contribution in [0.25, 0.3) is 0 Å². The Balaban J connectivity index is 2.27. The van der Waals surface area contributed by atoms with Crippen LogP contribution in [0.15, 0.2) is 24.3 Å². The molecule has 0 bridgehead atoms.